The molecule has 3 aliphatic heterocycles. The van der Waals surface area contributed by atoms with Crippen LogP contribution in [-0.2, 0) is 27.8 Å². The molecule has 0 saturated carbocycles. The number of hydrogen-bond acceptors (Lipinski definition) is 8. The van der Waals surface area contributed by atoms with Gasteiger partial charge in [0.1, 0.15) is 11.9 Å². The highest BCUT2D eigenvalue weighted by molar-refractivity contribution is 7.89. The molecule has 1 fully saturated rings. The summed E-state index contributed by atoms with van der Waals surface area (Å²) in [6.07, 6.45) is 3.40. The van der Waals surface area contributed by atoms with Crippen LogP contribution in [0.1, 0.15) is 41.3 Å². The van der Waals surface area contributed by atoms with Crippen molar-refractivity contribution in [2.45, 2.75) is 42.8 Å². The second-order valence-electron chi connectivity index (χ2n) is 11.0. The monoisotopic (exact) mass is 615 g/mol. The van der Waals surface area contributed by atoms with E-state index >= 15 is 0 Å². The maximum atomic E-state index is 13.9. The first-order valence-corrected chi connectivity index (χ1v) is 15.9. The Kier molecular flexibility index (Phi) is 7.39. The number of amides is 1. The molecule has 3 aromatic carbocycles. The van der Waals surface area contributed by atoms with Crippen LogP contribution in [0, 0.1) is 5.82 Å². The predicted molar refractivity (Wildman–Crippen MR) is 159 cm³/mol. The summed E-state index contributed by atoms with van der Waals surface area (Å²) in [7, 11) is -4.03. The quantitative estimate of drug-likeness (QED) is 0.333. The molecule has 0 bridgehead atoms. The standard InChI is InChI=1S/C32H30FN5O5S/c33-24-8-10-25(11-9-24)44(40,41)38-16-3-6-27(38)31(39)36-30(22-7-12-28-29(18-22)43-20-42-28)26-13-15-34-32(35-26)37-17-14-21-4-1-2-5-23(21)19-37/h1-2,4-5,7-13,15,18,27,30H,3,6,14,16-17,19-20H2,(H,36,39)/t27-,30?/m0/s1. The van der Waals surface area contributed by atoms with Crippen LogP contribution in [0.4, 0.5) is 10.3 Å². The molecule has 2 atom stereocenters. The first-order chi connectivity index (χ1) is 21.4. The van der Waals surface area contributed by atoms with Crippen molar-refractivity contribution < 1.29 is 27.1 Å². The van der Waals surface area contributed by atoms with Crippen molar-refractivity contribution in [1.29, 1.82) is 0 Å². The van der Waals surface area contributed by atoms with Crippen LogP contribution in [-0.4, -0.2) is 54.5 Å². The Bertz CT molecular complexity index is 1820. The molecule has 1 amide bonds. The molecular weight excluding hydrogens is 585 g/mol. The fourth-order valence-electron chi connectivity index (χ4n) is 6.03. The van der Waals surface area contributed by atoms with Gasteiger partial charge in [0.15, 0.2) is 11.5 Å². The minimum atomic E-state index is -4.03. The summed E-state index contributed by atoms with van der Waals surface area (Å²) in [5.74, 6) is 0.692. The molecule has 0 radical (unpaired) electrons. The van der Waals surface area contributed by atoms with Crippen molar-refractivity contribution in [2.24, 2.45) is 0 Å². The van der Waals surface area contributed by atoms with Crippen LogP contribution in [0.25, 0.3) is 0 Å². The Morgan fingerprint density at radius 2 is 1.77 bits per heavy atom. The van der Waals surface area contributed by atoms with Crippen LogP contribution in [0.2, 0.25) is 0 Å². The molecule has 4 aromatic rings. The Hall–Kier alpha value is -4.55. The Morgan fingerprint density at radius 1 is 0.977 bits per heavy atom. The zero-order chi connectivity index (χ0) is 30.3. The van der Waals surface area contributed by atoms with Crippen LogP contribution >= 0.6 is 0 Å². The van der Waals surface area contributed by atoms with E-state index in [9.17, 15) is 17.6 Å². The average molecular weight is 616 g/mol. The summed E-state index contributed by atoms with van der Waals surface area (Å²) < 4.78 is 52.8. The van der Waals surface area contributed by atoms with E-state index < -0.39 is 33.8 Å². The largest absolute Gasteiger partial charge is 0.454 e. The Labute approximate surface area is 254 Å². The minimum absolute atomic E-state index is 0.0607. The molecule has 4 heterocycles. The number of anilines is 1. The first-order valence-electron chi connectivity index (χ1n) is 14.5. The second kappa shape index (κ2) is 11.5. The molecular formula is C32H30FN5O5S. The van der Waals surface area contributed by atoms with Crippen LogP contribution < -0.4 is 19.7 Å². The lowest BCUT2D eigenvalue weighted by atomic mass is 10.00. The van der Waals surface area contributed by atoms with E-state index in [1.165, 1.54) is 27.6 Å². The maximum Gasteiger partial charge on any atom is 0.243 e. The summed E-state index contributed by atoms with van der Waals surface area (Å²) in [4.78, 5) is 25.4. The summed E-state index contributed by atoms with van der Waals surface area (Å²) >= 11 is 0. The highest BCUT2D eigenvalue weighted by atomic mass is 32.2. The van der Waals surface area contributed by atoms with Gasteiger partial charge in [-0.25, -0.2) is 22.8 Å². The smallest absolute Gasteiger partial charge is 0.243 e. The number of carbonyl (C=O) groups excluding carboxylic acids is 1. The molecule has 1 aromatic heterocycles. The van der Waals surface area contributed by atoms with E-state index in [-0.39, 0.29) is 18.2 Å². The third-order valence-electron chi connectivity index (χ3n) is 8.32. The summed E-state index contributed by atoms with van der Waals surface area (Å²) in [5.41, 5.74) is 3.77. The Balaban J connectivity index is 1.20. The van der Waals surface area contributed by atoms with Gasteiger partial charge in [-0.2, -0.15) is 4.31 Å². The van der Waals surface area contributed by atoms with Crippen LogP contribution in [0.3, 0.4) is 0 Å². The molecule has 1 N–H and O–H groups in total. The molecule has 44 heavy (non-hydrogen) atoms. The number of sulfonamides is 1. The number of halogens is 1. The normalized spacial score (nSPS) is 18.6. The van der Waals surface area contributed by atoms with E-state index in [1.807, 2.05) is 18.2 Å². The molecule has 0 spiro atoms. The summed E-state index contributed by atoms with van der Waals surface area (Å²) in [6, 6.07) is 18.4. The average Bonchev–Trinajstić information content (AvgIpc) is 3.74. The van der Waals surface area contributed by atoms with Gasteiger partial charge in [-0.15, -0.1) is 0 Å². The van der Waals surface area contributed by atoms with E-state index in [2.05, 4.69) is 27.3 Å². The third kappa shape index (κ3) is 5.35. The van der Waals surface area contributed by atoms with E-state index in [0.29, 0.717) is 48.1 Å². The number of hydrogen-bond donors (Lipinski definition) is 1. The zero-order valence-corrected chi connectivity index (χ0v) is 24.5. The maximum absolute atomic E-state index is 13.9. The highest BCUT2D eigenvalue weighted by Gasteiger charge is 2.40. The number of rotatable bonds is 7. The number of ether oxygens (including phenoxy) is 2. The molecule has 12 heteroatoms. The predicted octanol–water partition coefficient (Wildman–Crippen LogP) is 3.97. The van der Waals surface area contributed by atoms with Gasteiger partial charge in [0.05, 0.1) is 16.6 Å². The van der Waals surface area contributed by atoms with Crippen molar-refractivity contribution in [3.63, 3.8) is 0 Å². The molecule has 7 rings (SSSR count). The van der Waals surface area contributed by atoms with E-state index in [1.54, 1.807) is 24.4 Å². The number of benzene rings is 3. The van der Waals surface area contributed by atoms with Gasteiger partial charge in [0.25, 0.3) is 0 Å². The first kappa shape index (κ1) is 28.2. The third-order valence-corrected chi connectivity index (χ3v) is 10.2. The van der Waals surface area contributed by atoms with Gasteiger partial charge in [-0.3, -0.25) is 4.79 Å². The number of aromatic nitrogens is 2. The second-order valence-corrected chi connectivity index (χ2v) is 12.9. The fourth-order valence-corrected chi connectivity index (χ4v) is 7.69. The highest BCUT2D eigenvalue weighted by Crippen LogP contribution is 2.36. The molecule has 0 aliphatic carbocycles. The lowest BCUT2D eigenvalue weighted by Gasteiger charge is -2.30. The minimum Gasteiger partial charge on any atom is -0.454 e. The van der Waals surface area contributed by atoms with Gasteiger partial charge in [0.2, 0.25) is 28.7 Å². The molecule has 226 valence electrons. The van der Waals surface area contributed by atoms with E-state index in [0.717, 1.165) is 25.1 Å². The van der Waals surface area contributed by atoms with Gasteiger partial charge >= 0.3 is 0 Å². The Morgan fingerprint density at radius 3 is 2.61 bits per heavy atom. The van der Waals surface area contributed by atoms with Crippen molar-refractivity contribution in [3.05, 3.63) is 107 Å². The van der Waals surface area contributed by atoms with Crippen LogP contribution in [0.15, 0.2) is 83.9 Å². The number of fused-ring (bicyclic) bond motifs is 2. The lowest BCUT2D eigenvalue weighted by Crippen LogP contribution is -2.47. The number of nitrogens with zero attached hydrogens (tertiary/aromatic N) is 4. The van der Waals surface area contributed by atoms with Gasteiger partial charge in [-0.05, 0) is 78.4 Å². The van der Waals surface area contributed by atoms with Crippen molar-refractivity contribution >= 4 is 21.9 Å². The van der Waals surface area contributed by atoms with Crippen molar-refractivity contribution in [1.82, 2.24) is 19.6 Å². The van der Waals surface area contributed by atoms with Crippen LogP contribution in [0.5, 0.6) is 11.5 Å². The fraction of sp³-hybridized carbons (Fsp3) is 0.281. The number of nitrogens with one attached hydrogen (secondary N) is 1. The molecule has 3 aliphatic rings. The molecule has 10 nitrogen and oxygen atoms in total. The van der Waals surface area contributed by atoms with Gasteiger partial charge < -0.3 is 19.7 Å². The van der Waals surface area contributed by atoms with Gasteiger partial charge in [0, 0.05) is 25.8 Å². The summed E-state index contributed by atoms with van der Waals surface area (Å²) in [5, 5.41) is 3.08. The van der Waals surface area contributed by atoms with Crippen molar-refractivity contribution in [3.8, 4) is 11.5 Å². The zero-order valence-electron chi connectivity index (χ0n) is 23.7. The van der Waals surface area contributed by atoms with Gasteiger partial charge in [-0.1, -0.05) is 30.3 Å². The lowest BCUT2D eigenvalue weighted by molar-refractivity contribution is -0.124. The van der Waals surface area contributed by atoms with Crippen molar-refractivity contribution in [2.75, 3.05) is 24.8 Å². The summed E-state index contributed by atoms with van der Waals surface area (Å²) in [6.45, 7) is 1.70. The molecule has 1 unspecified atom stereocenters. The van der Waals surface area contributed by atoms with E-state index in [4.69, 9.17) is 14.5 Å². The topological polar surface area (TPSA) is 114 Å². The SMILES string of the molecule is O=C(NC(c1ccc2c(c1)OCO2)c1ccnc(N2CCc3ccccc3C2)n1)[C@@H]1CCCN1S(=O)(=O)c1ccc(F)cc1. The number of carbonyl (C=O) groups is 1. The molecule has 1 saturated heterocycles.